The summed E-state index contributed by atoms with van der Waals surface area (Å²) in [5.41, 5.74) is 2.20. The van der Waals surface area contributed by atoms with Gasteiger partial charge in [-0.2, -0.15) is 0 Å². The molecule has 6 nitrogen and oxygen atoms in total. The highest BCUT2D eigenvalue weighted by Crippen LogP contribution is 2.32. The van der Waals surface area contributed by atoms with Gasteiger partial charge in [0.2, 0.25) is 5.82 Å². The van der Waals surface area contributed by atoms with Gasteiger partial charge in [-0.1, -0.05) is 47.1 Å². The largest absolute Gasteiger partial charge is 0.465 e. The number of hydrogen-bond donors (Lipinski definition) is 0. The maximum absolute atomic E-state index is 11.8. The molecule has 30 heavy (non-hydrogen) atoms. The number of aromatic nitrogens is 3. The molecule has 0 saturated carbocycles. The van der Waals surface area contributed by atoms with Crippen LogP contribution in [0.25, 0.3) is 17.3 Å². The molecule has 0 aliphatic carbocycles. The first-order valence-electron chi connectivity index (χ1n) is 8.81. The molecule has 2 aromatic carbocycles. The first kappa shape index (κ1) is 20.5. The standard InChI is InChI=1S/C21H15Cl2N3O3S/c1-28-20(27)14-5-2-4-13(10-14)12-30-21-25-24-19(18-6-3-9-29-18)26(21)15-7-8-16(22)17(23)11-15/h2-11H,12H2,1H3. The van der Waals surface area contributed by atoms with Crippen molar-refractivity contribution in [1.29, 1.82) is 0 Å². The van der Waals surface area contributed by atoms with Gasteiger partial charge in [0, 0.05) is 5.75 Å². The number of furan rings is 1. The van der Waals surface area contributed by atoms with Crippen LogP contribution >= 0.6 is 35.0 Å². The van der Waals surface area contributed by atoms with Gasteiger partial charge < -0.3 is 9.15 Å². The highest BCUT2D eigenvalue weighted by Gasteiger charge is 2.19. The minimum atomic E-state index is -0.374. The van der Waals surface area contributed by atoms with Crippen molar-refractivity contribution >= 4 is 40.9 Å². The molecular formula is C21H15Cl2N3O3S. The van der Waals surface area contributed by atoms with Gasteiger partial charge in [-0.25, -0.2) is 4.79 Å². The van der Waals surface area contributed by atoms with Crippen LogP contribution in [-0.4, -0.2) is 27.8 Å². The van der Waals surface area contributed by atoms with Gasteiger partial charge >= 0.3 is 5.97 Å². The van der Waals surface area contributed by atoms with E-state index in [0.717, 1.165) is 11.3 Å². The summed E-state index contributed by atoms with van der Waals surface area (Å²) in [5, 5.41) is 10.2. The molecule has 4 aromatic rings. The minimum Gasteiger partial charge on any atom is -0.465 e. The van der Waals surface area contributed by atoms with Crippen LogP contribution in [0.15, 0.2) is 70.4 Å². The molecule has 152 valence electrons. The molecule has 0 aliphatic rings. The fourth-order valence-corrected chi connectivity index (χ4v) is 4.03. The van der Waals surface area contributed by atoms with Gasteiger partial charge in [0.1, 0.15) is 0 Å². The molecule has 2 heterocycles. The van der Waals surface area contributed by atoms with Crippen LogP contribution in [0.5, 0.6) is 0 Å². The van der Waals surface area contributed by atoms with Crippen LogP contribution in [0.4, 0.5) is 0 Å². The molecule has 0 amide bonds. The number of thioether (sulfide) groups is 1. The van der Waals surface area contributed by atoms with Gasteiger partial charge in [0.25, 0.3) is 0 Å². The number of methoxy groups -OCH3 is 1. The smallest absolute Gasteiger partial charge is 0.337 e. The maximum atomic E-state index is 11.8. The van der Waals surface area contributed by atoms with E-state index in [1.54, 1.807) is 36.6 Å². The van der Waals surface area contributed by atoms with E-state index in [4.69, 9.17) is 32.4 Å². The number of nitrogens with zero attached hydrogens (tertiary/aromatic N) is 3. The summed E-state index contributed by atoms with van der Waals surface area (Å²) in [4.78, 5) is 11.8. The SMILES string of the molecule is COC(=O)c1cccc(CSc2nnc(-c3ccco3)n2-c2ccc(Cl)c(Cl)c2)c1. The van der Waals surface area contributed by atoms with Crippen LogP contribution in [0.1, 0.15) is 15.9 Å². The minimum absolute atomic E-state index is 0.374. The van der Waals surface area contributed by atoms with E-state index in [0.29, 0.717) is 38.1 Å². The summed E-state index contributed by atoms with van der Waals surface area (Å²) < 4.78 is 12.2. The Hall–Kier alpha value is -2.74. The Morgan fingerprint density at radius 2 is 1.97 bits per heavy atom. The summed E-state index contributed by atoms with van der Waals surface area (Å²) in [5.74, 6) is 1.32. The lowest BCUT2D eigenvalue weighted by Crippen LogP contribution is -2.02. The van der Waals surface area contributed by atoms with Crippen LogP contribution in [0, 0.1) is 0 Å². The molecule has 0 spiro atoms. The normalized spacial score (nSPS) is 10.9. The topological polar surface area (TPSA) is 70.2 Å². The highest BCUT2D eigenvalue weighted by molar-refractivity contribution is 7.98. The molecule has 4 rings (SSSR count). The van der Waals surface area contributed by atoms with E-state index in [9.17, 15) is 4.79 Å². The molecule has 0 aliphatic heterocycles. The molecule has 0 unspecified atom stereocenters. The fourth-order valence-electron chi connectivity index (χ4n) is 2.84. The van der Waals surface area contributed by atoms with Crippen molar-refractivity contribution in [1.82, 2.24) is 14.8 Å². The average Bonchev–Trinajstić information content (AvgIpc) is 3.43. The second-order valence-corrected chi connectivity index (χ2v) is 7.95. The van der Waals surface area contributed by atoms with E-state index in [2.05, 4.69) is 10.2 Å². The first-order chi connectivity index (χ1) is 14.6. The van der Waals surface area contributed by atoms with E-state index in [1.807, 2.05) is 28.8 Å². The van der Waals surface area contributed by atoms with E-state index in [1.165, 1.54) is 18.9 Å². The van der Waals surface area contributed by atoms with Crippen molar-refractivity contribution in [3.05, 3.63) is 82.0 Å². The summed E-state index contributed by atoms with van der Waals surface area (Å²) >= 11 is 13.8. The van der Waals surface area contributed by atoms with E-state index < -0.39 is 0 Å². The third kappa shape index (κ3) is 4.23. The molecular weight excluding hydrogens is 445 g/mol. The Bertz CT molecular complexity index is 1190. The second kappa shape index (κ2) is 8.95. The predicted molar refractivity (Wildman–Crippen MR) is 116 cm³/mol. The lowest BCUT2D eigenvalue weighted by atomic mass is 10.1. The Kier molecular flexibility index (Phi) is 6.13. The molecule has 0 saturated heterocycles. The van der Waals surface area contributed by atoms with E-state index in [-0.39, 0.29) is 5.97 Å². The third-order valence-corrected chi connectivity index (χ3v) is 5.99. The number of carbonyl (C=O) groups excluding carboxylic acids is 1. The predicted octanol–water partition coefficient (Wildman–Crippen LogP) is 5.91. The van der Waals surface area contributed by atoms with Crippen molar-refractivity contribution in [3.8, 4) is 17.3 Å². The molecule has 0 bridgehead atoms. The lowest BCUT2D eigenvalue weighted by Gasteiger charge is -2.10. The van der Waals surface area contributed by atoms with Gasteiger partial charge in [-0.05, 0) is 48.0 Å². The molecule has 2 aromatic heterocycles. The van der Waals surface area contributed by atoms with Crippen LogP contribution in [0.2, 0.25) is 10.0 Å². The summed E-state index contributed by atoms with van der Waals surface area (Å²) in [6.07, 6.45) is 1.58. The second-order valence-electron chi connectivity index (χ2n) is 6.20. The monoisotopic (exact) mass is 459 g/mol. The zero-order chi connectivity index (χ0) is 21.1. The lowest BCUT2D eigenvalue weighted by molar-refractivity contribution is 0.0600. The average molecular weight is 460 g/mol. The fraction of sp³-hybridized carbons (Fsp3) is 0.0952. The molecule has 0 fully saturated rings. The van der Waals surface area contributed by atoms with Crippen molar-refractivity contribution in [3.63, 3.8) is 0 Å². The van der Waals surface area contributed by atoms with Crippen molar-refractivity contribution < 1.29 is 13.9 Å². The number of ether oxygens (including phenoxy) is 1. The van der Waals surface area contributed by atoms with Crippen molar-refractivity contribution in [2.75, 3.05) is 7.11 Å². The van der Waals surface area contributed by atoms with Crippen LogP contribution in [0.3, 0.4) is 0 Å². The Balaban J connectivity index is 1.68. The molecule has 0 atom stereocenters. The van der Waals surface area contributed by atoms with Gasteiger partial charge in [0.05, 0.1) is 34.7 Å². The number of rotatable bonds is 6. The Labute approximate surface area is 186 Å². The molecule has 9 heteroatoms. The molecule has 0 radical (unpaired) electrons. The van der Waals surface area contributed by atoms with Gasteiger partial charge in [-0.3, -0.25) is 4.57 Å². The number of carbonyl (C=O) groups is 1. The number of hydrogen-bond acceptors (Lipinski definition) is 6. The van der Waals surface area contributed by atoms with Crippen LogP contribution < -0.4 is 0 Å². The van der Waals surface area contributed by atoms with E-state index >= 15 is 0 Å². The van der Waals surface area contributed by atoms with Crippen molar-refractivity contribution in [2.45, 2.75) is 10.9 Å². The number of halogens is 2. The van der Waals surface area contributed by atoms with Crippen molar-refractivity contribution in [2.24, 2.45) is 0 Å². The summed E-state index contributed by atoms with van der Waals surface area (Å²) in [6, 6.07) is 16.2. The summed E-state index contributed by atoms with van der Waals surface area (Å²) in [7, 11) is 1.36. The Morgan fingerprint density at radius 1 is 1.10 bits per heavy atom. The van der Waals surface area contributed by atoms with Gasteiger partial charge in [0.15, 0.2) is 10.9 Å². The maximum Gasteiger partial charge on any atom is 0.337 e. The number of benzene rings is 2. The zero-order valence-corrected chi connectivity index (χ0v) is 18.0. The number of esters is 1. The van der Waals surface area contributed by atoms with Gasteiger partial charge in [-0.15, -0.1) is 10.2 Å². The van der Waals surface area contributed by atoms with Crippen LogP contribution in [-0.2, 0) is 10.5 Å². The summed E-state index contributed by atoms with van der Waals surface area (Å²) in [6.45, 7) is 0. The zero-order valence-electron chi connectivity index (χ0n) is 15.7. The molecule has 0 N–H and O–H groups in total. The quantitative estimate of drug-likeness (QED) is 0.263. The highest BCUT2D eigenvalue weighted by atomic mass is 35.5. The Morgan fingerprint density at radius 3 is 2.70 bits per heavy atom. The first-order valence-corrected chi connectivity index (χ1v) is 10.6. The third-order valence-electron chi connectivity index (χ3n) is 4.25.